The van der Waals surface area contributed by atoms with Crippen LogP contribution >= 0.6 is 11.3 Å². The van der Waals surface area contributed by atoms with Gasteiger partial charge in [0.1, 0.15) is 12.2 Å². The van der Waals surface area contributed by atoms with Crippen LogP contribution in [0.5, 0.6) is 0 Å². The fourth-order valence-electron chi connectivity index (χ4n) is 8.53. The van der Waals surface area contributed by atoms with Crippen LogP contribution in [0.2, 0.25) is 0 Å². The van der Waals surface area contributed by atoms with Gasteiger partial charge in [0.05, 0.1) is 0 Å². The maximum absolute atomic E-state index is 2.45. The number of anilines is 2. The molecule has 8 aromatic carbocycles. The van der Waals surface area contributed by atoms with E-state index in [1.807, 2.05) is 11.3 Å². The van der Waals surface area contributed by atoms with Gasteiger partial charge in [-0.3, -0.25) is 0 Å². The van der Waals surface area contributed by atoms with E-state index in [1.54, 1.807) is 0 Å². The van der Waals surface area contributed by atoms with Crippen molar-refractivity contribution >= 4 is 60.5 Å². The highest BCUT2D eigenvalue weighted by Crippen LogP contribution is 2.41. The molecule has 3 heteroatoms. The lowest BCUT2D eigenvalue weighted by Crippen LogP contribution is -2.29. The maximum atomic E-state index is 2.45. The van der Waals surface area contributed by atoms with E-state index < -0.39 is 0 Å². The Labute approximate surface area is 310 Å². The van der Waals surface area contributed by atoms with Crippen molar-refractivity contribution in [2.75, 3.05) is 11.4 Å². The molecule has 2 heterocycles. The number of fused-ring (bicyclic) bond motifs is 8. The summed E-state index contributed by atoms with van der Waals surface area (Å²) < 4.78 is 5.04. The molecule has 0 spiro atoms. The highest BCUT2D eigenvalue weighted by atomic mass is 32.1. The van der Waals surface area contributed by atoms with E-state index in [0.717, 1.165) is 12.2 Å². The van der Waals surface area contributed by atoms with Crippen molar-refractivity contribution in [3.05, 3.63) is 224 Å². The molecule has 9 aromatic rings. The van der Waals surface area contributed by atoms with E-state index in [0.29, 0.717) is 0 Å². The predicted octanol–water partition coefficient (Wildman–Crippen LogP) is 12.2. The topological polar surface area (TPSA) is 6.25 Å². The zero-order valence-corrected chi connectivity index (χ0v) is 29.7. The highest BCUT2D eigenvalue weighted by molar-refractivity contribution is 7.26. The predicted molar refractivity (Wildman–Crippen MR) is 222 cm³/mol. The van der Waals surface area contributed by atoms with Crippen molar-refractivity contribution in [3.8, 4) is 11.1 Å². The first-order valence-corrected chi connectivity index (χ1v) is 19.0. The molecule has 0 saturated carbocycles. The monoisotopic (exact) mass is 693 g/mol. The lowest BCUT2D eigenvalue weighted by molar-refractivity contribution is 0.994. The highest BCUT2D eigenvalue weighted by Gasteiger charge is 2.28. The van der Waals surface area contributed by atoms with Crippen LogP contribution in [0, 0.1) is 41.7 Å². The number of hydrogen-bond donors (Lipinski definition) is 0. The summed E-state index contributed by atoms with van der Waals surface area (Å²) in [5.41, 5.74) is 7.23. The van der Waals surface area contributed by atoms with Crippen molar-refractivity contribution < 1.29 is 0 Å². The third-order valence-corrected chi connectivity index (χ3v) is 12.2. The van der Waals surface area contributed by atoms with Crippen LogP contribution in [0.1, 0.15) is 0 Å². The summed E-state index contributed by atoms with van der Waals surface area (Å²) in [5.74, 6) is 0. The van der Waals surface area contributed by atoms with Crippen LogP contribution in [0.3, 0.4) is 0 Å². The Kier molecular flexibility index (Phi) is 6.83. The largest absolute Gasteiger partial charge is 0.326 e. The molecule has 11 rings (SSSR count). The van der Waals surface area contributed by atoms with Gasteiger partial charge >= 0.3 is 0 Å². The molecule has 0 atom stereocenters. The van der Waals surface area contributed by atoms with Crippen molar-refractivity contribution in [1.82, 2.24) is 4.58 Å². The van der Waals surface area contributed by atoms with Gasteiger partial charge in [0.2, 0.25) is 11.4 Å². The van der Waals surface area contributed by atoms with Crippen molar-refractivity contribution in [1.29, 1.82) is 0 Å². The zero-order chi connectivity index (χ0) is 34.9. The summed E-state index contributed by atoms with van der Waals surface area (Å²) in [5, 5.41) is 12.6. The smallest absolute Gasteiger partial charge is 0.235 e. The molecule has 0 radical (unpaired) electrons. The molecule has 2 nitrogen and oxygen atoms in total. The van der Waals surface area contributed by atoms with Gasteiger partial charge in [-0.15, -0.1) is 11.3 Å². The number of nitrogens with zero attached hydrogens (tertiary/aromatic N) is 2. The van der Waals surface area contributed by atoms with Gasteiger partial charge in [0.25, 0.3) is 0 Å². The maximum Gasteiger partial charge on any atom is 0.235 e. The number of para-hydroxylation sites is 2. The molecule has 2 aliphatic rings. The Balaban J connectivity index is 1.31. The first kappa shape index (κ1) is 30.1. The fraction of sp³-hybridized carbons (Fsp3) is 0.0200. The van der Waals surface area contributed by atoms with Gasteiger partial charge in [-0.25, -0.2) is 0 Å². The van der Waals surface area contributed by atoms with E-state index in [-0.39, 0.29) is 0 Å². The molecule has 53 heavy (non-hydrogen) atoms. The summed E-state index contributed by atoms with van der Waals surface area (Å²) in [7, 11) is 0. The van der Waals surface area contributed by atoms with E-state index in [2.05, 4.69) is 198 Å². The standard InChI is InChI=1S/C50H33N2S/c1-3-14-34(15-4-1)51-28-29-52(35-16-5-2-6-17-35)48-32-46-40-21-10-9-20-39(40)44-30-33(36-23-13-24-43-42-22-11-12-25-49(42)53-50(36)43)26-27-41(44)37-18-7-8-19-38(37)45(46)31-47(48)51/h1-28,30-32H,29H2/q+1. The van der Waals surface area contributed by atoms with E-state index >= 15 is 0 Å². The van der Waals surface area contributed by atoms with E-state index in [9.17, 15) is 0 Å². The molecule has 0 saturated heterocycles. The first-order valence-electron chi connectivity index (χ1n) is 18.2. The minimum atomic E-state index is 0.762. The SMILES string of the molecule is C1=[N+](c2ccccc2)c2cc3c(cc2N(c2ccccc2)C1)=c1ccccc1=c1cc(-c2cccc4c2sc2ccccc24)ccc1=c1ccccc1=3. The summed E-state index contributed by atoms with van der Waals surface area (Å²) in [6.45, 7) is 0.762. The Morgan fingerprint density at radius 3 is 1.79 bits per heavy atom. The molecule has 0 bridgehead atoms. The van der Waals surface area contributed by atoms with Crippen LogP contribution in [-0.2, 0) is 0 Å². The van der Waals surface area contributed by atoms with Crippen molar-refractivity contribution in [3.63, 3.8) is 0 Å². The fourth-order valence-corrected chi connectivity index (χ4v) is 9.77. The molecule has 1 aromatic heterocycles. The van der Waals surface area contributed by atoms with Crippen LogP contribution in [0.15, 0.2) is 182 Å². The van der Waals surface area contributed by atoms with Crippen molar-refractivity contribution in [2.24, 2.45) is 0 Å². The van der Waals surface area contributed by atoms with Crippen molar-refractivity contribution in [2.45, 2.75) is 0 Å². The van der Waals surface area contributed by atoms with Crippen LogP contribution in [0.25, 0.3) is 31.3 Å². The Bertz CT molecular complexity index is 3370. The quantitative estimate of drug-likeness (QED) is 0.167. The summed E-state index contributed by atoms with van der Waals surface area (Å²) in [6.07, 6.45) is 2.31. The van der Waals surface area contributed by atoms with Crippen LogP contribution in [-0.4, -0.2) is 12.8 Å². The molecule has 1 aliphatic carbocycles. The van der Waals surface area contributed by atoms with E-state index in [4.69, 9.17) is 0 Å². The molecule has 0 N–H and O–H groups in total. The van der Waals surface area contributed by atoms with Crippen LogP contribution < -0.4 is 9.48 Å². The van der Waals surface area contributed by atoms with Crippen LogP contribution in [0.4, 0.5) is 22.7 Å². The first-order chi connectivity index (χ1) is 26.3. The van der Waals surface area contributed by atoms with Gasteiger partial charge in [0, 0.05) is 44.1 Å². The van der Waals surface area contributed by atoms with Gasteiger partial charge in [-0.1, -0.05) is 133 Å². The Morgan fingerprint density at radius 2 is 1.04 bits per heavy atom. The Morgan fingerprint density at radius 1 is 0.453 bits per heavy atom. The zero-order valence-electron chi connectivity index (χ0n) is 28.9. The lowest BCUT2D eigenvalue weighted by Gasteiger charge is -2.27. The minimum absolute atomic E-state index is 0.762. The third kappa shape index (κ3) is 4.75. The molecule has 1 aliphatic heterocycles. The molecular formula is C50H33N2S+. The second-order valence-corrected chi connectivity index (χ2v) is 14.9. The van der Waals surface area contributed by atoms with Gasteiger partial charge < -0.3 is 4.90 Å². The lowest BCUT2D eigenvalue weighted by atomic mass is 9.97. The van der Waals surface area contributed by atoms with Gasteiger partial charge in [-0.05, 0) is 83.2 Å². The molecule has 248 valence electrons. The summed E-state index contributed by atoms with van der Waals surface area (Å²) in [4.78, 5) is 2.44. The third-order valence-electron chi connectivity index (χ3n) is 11.0. The summed E-state index contributed by atoms with van der Waals surface area (Å²) in [6, 6.07) is 67.0. The molecular weight excluding hydrogens is 661 g/mol. The number of benzene rings is 8. The summed E-state index contributed by atoms with van der Waals surface area (Å²) >= 11 is 1.89. The average molecular weight is 694 g/mol. The van der Waals surface area contributed by atoms with E-state index in [1.165, 1.54) is 90.1 Å². The second-order valence-electron chi connectivity index (χ2n) is 13.9. The van der Waals surface area contributed by atoms with Gasteiger partial charge in [0.15, 0.2) is 6.21 Å². The number of hydrogen-bond acceptors (Lipinski definition) is 2. The van der Waals surface area contributed by atoms with Gasteiger partial charge in [-0.2, -0.15) is 4.58 Å². The number of rotatable bonds is 3. The average Bonchev–Trinajstić information content (AvgIpc) is 3.62. The molecule has 0 fully saturated rings. The molecule has 0 unspecified atom stereocenters. The Hall–Kier alpha value is -6.55. The normalized spacial score (nSPS) is 12.9. The minimum Gasteiger partial charge on any atom is -0.326 e. The number of thiophene rings is 1. The molecule has 0 amide bonds. The second kappa shape index (κ2) is 12.0.